The molecule has 0 heterocycles. The average molecular weight is 398 g/mol. The maximum absolute atomic E-state index is 13.2. The van der Waals surface area contributed by atoms with Gasteiger partial charge in [0, 0.05) is 12.1 Å². The number of sulfonamides is 1. The molecular weight excluding hydrogens is 379 g/mol. The number of carbonyl (C=O) groups is 1. The Morgan fingerprint density at radius 3 is 2.36 bits per heavy atom. The van der Waals surface area contributed by atoms with E-state index in [0.29, 0.717) is 12.1 Å². The lowest BCUT2D eigenvalue weighted by Crippen LogP contribution is -2.23. The Hall–Kier alpha value is -3.19. The van der Waals surface area contributed by atoms with Crippen molar-refractivity contribution in [2.24, 2.45) is 0 Å². The second kappa shape index (κ2) is 8.22. The van der Waals surface area contributed by atoms with Crippen LogP contribution in [-0.2, 0) is 16.6 Å². The van der Waals surface area contributed by atoms with Crippen LogP contribution in [-0.4, -0.2) is 14.3 Å². The molecule has 0 spiro atoms. The number of amides is 1. The summed E-state index contributed by atoms with van der Waals surface area (Å²) in [6.07, 6.45) is 0. The molecule has 0 radical (unpaired) electrons. The van der Waals surface area contributed by atoms with Crippen molar-refractivity contribution in [2.45, 2.75) is 18.4 Å². The molecule has 7 heteroatoms. The third kappa shape index (κ3) is 4.95. The molecule has 5 nitrogen and oxygen atoms in total. The van der Waals surface area contributed by atoms with Gasteiger partial charge in [0.25, 0.3) is 15.9 Å². The van der Waals surface area contributed by atoms with Crippen molar-refractivity contribution in [3.05, 3.63) is 95.3 Å². The zero-order valence-corrected chi connectivity index (χ0v) is 16.0. The van der Waals surface area contributed by atoms with Crippen LogP contribution in [0.4, 0.5) is 10.1 Å². The van der Waals surface area contributed by atoms with Crippen molar-refractivity contribution < 1.29 is 17.6 Å². The van der Waals surface area contributed by atoms with Gasteiger partial charge < -0.3 is 5.32 Å². The lowest BCUT2D eigenvalue weighted by molar-refractivity contribution is 0.0951. The first-order valence-corrected chi connectivity index (χ1v) is 10.0. The molecule has 0 aromatic heterocycles. The van der Waals surface area contributed by atoms with E-state index >= 15 is 0 Å². The minimum absolute atomic E-state index is 0.0213. The number of carbonyl (C=O) groups excluding carboxylic acids is 1. The Kier molecular flexibility index (Phi) is 5.75. The maximum atomic E-state index is 13.2. The molecular formula is C21H19FN2O3S. The Morgan fingerprint density at radius 2 is 1.68 bits per heavy atom. The summed E-state index contributed by atoms with van der Waals surface area (Å²) < 4.78 is 40.3. The van der Waals surface area contributed by atoms with Crippen LogP contribution in [0.2, 0.25) is 0 Å². The third-order valence-electron chi connectivity index (χ3n) is 4.04. The summed E-state index contributed by atoms with van der Waals surface area (Å²) in [5, 5.41) is 2.80. The molecule has 0 saturated carbocycles. The number of halogens is 1. The van der Waals surface area contributed by atoms with Crippen molar-refractivity contribution in [3.8, 4) is 0 Å². The highest BCUT2D eigenvalue weighted by Crippen LogP contribution is 2.17. The summed E-state index contributed by atoms with van der Waals surface area (Å²) in [7, 11) is -3.88. The van der Waals surface area contributed by atoms with E-state index in [1.165, 1.54) is 42.5 Å². The molecule has 0 atom stereocenters. The molecule has 3 aromatic carbocycles. The normalized spacial score (nSPS) is 11.1. The summed E-state index contributed by atoms with van der Waals surface area (Å²) in [6, 6.07) is 18.5. The van der Waals surface area contributed by atoms with Crippen molar-refractivity contribution in [2.75, 3.05) is 4.72 Å². The second-order valence-corrected chi connectivity index (χ2v) is 7.99. The molecule has 0 unspecified atom stereocenters. The number of anilines is 1. The fourth-order valence-electron chi connectivity index (χ4n) is 2.66. The second-order valence-electron chi connectivity index (χ2n) is 6.31. The van der Waals surface area contributed by atoms with E-state index in [2.05, 4.69) is 10.0 Å². The minimum atomic E-state index is -3.88. The molecule has 0 bridgehead atoms. The Morgan fingerprint density at radius 1 is 0.964 bits per heavy atom. The summed E-state index contributed by atoms with van der Waals surface area (Å²) in [5.41, 5.74) is 2.55. The van der Waals surface area contributed by atoms with Gasteiger partial charge in [-0.2, -0.15) is 0 Å². The van der Waals surface area contributed by atoms with Gasteiger partial charge >= 0.3 is 0 Å². The highest BCUT2D eigenvalue weighted by molar-refractivity contribution is 7.92. The first-order chi connectivity index (χ1) is 13.3. The molecule has 28 heavy (non-hydrogen) atoms. The number of hydrogen-bond donors (Lipinski definition) is 2. The summed E-state index contributed by atoms with van der Waals surface area (Å²) in [6.45, 7) is 2.35. The highest BCUT2D eigenvalue weighted by Gasteiger charge is 2.15. The van der Waals surface area contributed by atoms with Crippen molar-refractivity contribution in [3.63, 3.8) is 0 Å². The standard InChI is InChI=1S/C21H19FN2O3S/c1-15-4-2-5-16(12-15)14-23-21(25)17-8-10-20(11-9-17)28(26,27)24-19-7-3-6-18(22)13-19/h2-13,24H,14H2,1H3,(H,23,25). The van der Waals surface area contributed by atoms with Crippen molar-refractivity contribution >= 4 is 21.6 Å². The SMILES string of the molecule is Cc1cccc(CNC(=O)c2ccc(S(=O)(=O)Nc3cccc(F)c3)cc2)c1. The molecule has 3 rings (SSSR count). The Balaban J connectivity index is 1.67. The maximum Gasteiger partial charge on any atom is 0.261 e. The van der Waals surface area contributed by atoms with Gasteiger partial charge in [-0.25, -0.2) is 12.8 Å². The first-order valence-electron chi connectivity index (χ1n) is 8.56. The Labute approximate surface area is 163 Å². The molecule has 0 saturated heterocycles. The largest absolute Gasteiger partial charge is 0.348 e. The van der Waals surface area contributed by atoms with Crippen LogP contribution in [0.3, 0.4) is 0 Å². The number of nitrogens with one attached hydrogen (secondary N) is 2. The van der Waals surface area contributed by atoms with Gasteiger partial charge in [0.05, 0.1) is 10.6 Å². The molecule has 0 fully saturated rings. The van der Waals surface area contributed by atoms with E-state index in [0.717, 1.165) is 17.2 Å². The van der Waals surface area contributed by atoms with Gasteiger partial charge in [0.1, 0.15) is 5.82 Å². The van der Waals surface area contributed by atoms with E-state index in [9.17, 15) is 17.6 Å². The predicted octanol–water partition coefficient (Wildman–Crippen LogP) is 3.86. The van der Waals surface area contributed by atoms with Gasteiger partial charge in [-0.1, -0.05) is 35.9 Å². The number of rotatable bonds is 6. The Bertz CT molecular complexity index is 1100. The van der Waals surface area contributed by atoms with Crippen molar-refractivity contribution in [1.82, 2.24) is 5.32 Å². The van der Waals surface area contributed by atoms with E-state index < -0.39 is 15.8 Å². The summed E-state index contributed by atoms with van der Waals surface area (Å²) in [4.78, 5) is 12.3. The monoisotopic (exact) mass is 398 g/mol. The van der Waals surface area contributed by atoms with E-state index in [1.807, 2.05) is 31.2 Å². The number of hydrogen-bond acceptors (Lipinski definition) is 3. The molecule has 3 aromatic rings. The van der Waals surface area contributed by atoms with Gasteiger partial charge in [0.2, 0.25) is 0 Å². The topological polar surface area (TPSA) is 75.3 Å². The van der Waals surface area contributed by atoms with Crippen molar-refractivity contribution in [1.29, 1.82) is 0 Å². The number of benzene rings is 3. The molecule has 0 aliphatic heterocycles. The minimum Gasteiger partial charge on any atom is -0.348 e. The van der Waals surface area contributed by atoms with E-state index in [1.54, 1.807) is 0 Å². The van der Waals surface area contributed by atoms with Gasteiger partial charge in [-0.15, -0.1) is 0 Å². The van der Waals surface area contributed by atoms with Gasteiger partial charge in [-0.05, 0) is 55.0 Å². The molecule has 144 valence electrons. The summed E-state index contributed by atoms with van der Waals surface area (Å²) in [5.74, 6) is -0.843. The van der Waals surface area contributed by atoms with E-state index in [-0.39, 0.29) is 16.5 Å². The fourth-order valence-corrected chi connectivity index (χ4v) is 3.71. The highest BCUT2D eigenvalue weighted by atomic mass is 32.2. The molecule has 0 aliphatic carbocycles. The zero-order chi connectivity index (χ0) is 20.1. The average Bonchev–Trinajstić information content (AvgIpc) is 2.66. The van der Waals surface area contributed by atoms with E-state index in [4.69, 9.17) is 0 Å². The quantitative estimate of drug-likeness (QED) is 0.662. The van der Waals surface area contributed by atoms with Crippen LogP contribution in [0.15, 0.2) is 77.7 Å². The van der Waals surface area contributed by atoms with Crippen LogP contribution < -0.4 is 10.0 Å². The van der Waals surface area contributed by atoms with Crippen LogP contribution in [0, 0.1) is 12.7 Å². The number of aryl methyl sites for hydroxylation is 1. The van der Waals surface area contributed by atoms with Gasteiger partial charge in [-0.3, -0.25) is 9.52 Å². The first kappa shape index (κ1) is 19.6. The molecule has 0 aliphatic rings. The zero-order valence-electron chi connectivity index (χ0n) is 15.1. The van der Waals surface area contributed by atoms with Gasteiger partial charge in [0.15, 0.2) is 0 Å². The lowest BCUT2D eigenvalue weighted by atomic mass is 10.1. The lowest BCUT2D eigenvalue weighted by Gasteiger charge is -2.09. The molecule has 2 N–H and O–H groups in total. The predicted molar refractivity (Wildman–Crippen MR) is 106 cm³/mol. The fraction of sp³-hybridized carbons (Fsp3) is 0.0952. The van der Waals surface area contributed by atoms with Crippen LogP contribution in [0.1, 0.15) is 21.5 Å². The molecule has 1 amide bonds. The van der Waals surface area contributed by atoms with Crippen LogP contribution >= 0.6 is 0 Å². The van der Waals surface area contributed by atoms with Crippen LogP contribution in [0.25, 0.3) is 0 Å². The van der Waals surface area contributed by atoms with Crippen LogP contribution in [0.5, 0.6) is 0 Å². The summed E-state index contributed by atoms with van der Waals surface area (Å²) >= 11 is 0. The smallest absolute Gasteiger partial charge is 0.261 e. The third-order valence-corrected chi connectivity index (χ3v) is 5.44.